The third-order valence-corrected chi connectivity index (χ3v) is 1.74. The minimum Gasteiger partial charge on any atom is -0.481 e. The molecule has 4 heteroatoms. The van der Waals surface area contributed by atoms with E-state index in [4.69, 9.17) is 10.8 Å². The molecular weight excluding hydrogens is 197 g/mol. The van der Waals surface area contributed by atoms with Crippen LogP contribution >= 0.6 is 0 Å². The summed E-state index contributed by atoms with van der Waals surface area (Å²) in [6.07, 6.45) is -0.172. The van der Waals surface area contributed by atoms with Gasteiger partial charge in [-0.1, -0.05) is 17.9 Å². The molecule has 0 amide bonds. The molecule has 1 aromatic carbocycles. The third kappa shape index (κ3) is 3.41. The number of hydrogen-bond donors (Lipinski definition) is 2. The highest BCUT2D eigenvalue weighted by Crippen LogP contribution is 2.11. The molecule has 0 saturated heterocycles. The summed E-state index contributed by atoms with van der Waals surface area (Å²) in [5.41, 5.74) is 6.05. The number of hydrogen-bond acceptors (Lipinski definition) is 2. The van der Waals surface area contributed by atoms with Crippen molar-refractivity contribution in [3.63, 3.8) is 0 Å². The number of aliphatic carboxylic acids is 1. The van der Waals surface area contributed by atoms with E-state index in [2.05, 4.69) is 11.8 Å². The quantitative estimate of drug-likeness (QED) is 0.704. The summed E-state index contributed by atoms with van der Waals surface area (Å²) in [4.78, 5) is 10.5. The molecule has 0 aliphatic carbocycles. The Hall–Kier alpha value is -1.86. The minimum absolute atomic E-state index is 0.156. The van der Waals surface area contributed by atoms with Crippen molar-refractivity contribution >= 4 is 5.97 Å². The first kappa shape index (κ1) is 11.2. The highest BCUT2D eigenvalue weighted by Gasteiger charge is 2.06. The Morgan fingerprint density at radius 1 is 1.53 bits per heavy atom. The molecule has 0 aromatic heterocycles. The number of nitrogens with two attached hydrogens (primary N) is 1. The molecule has 3 N–H and O–H groups in total. The largest absolute Gasteiger partial charge is 0.481 e. The average molecular weight is 207 g/mol. The van der Waals surface area contributed by atoms with Crippen molar-refractivity contribution in [2.24, 2.45) is 5.73 Å². The molecule has 0 unspecified atom stereocenters. The number of halogens is 1. The van der Waals surface area contributed by atoms with Crippen LogP contribution in [0.3, 0.4) is 0 Å². The molecule has 0 aliphatic rings. The fraction of sp³-hybridized carbons (Fsp3) is 0.182. The van der Waals surface area contributed by atoms with Crippen molar-refractivity contribution in [3.05, 3.63) is 35.1 Å². The Labute approximate surface area is 86.7 Å². The first-order chi connectivity index (χ1) is 7.13. The molecule has 0 heterocycles. The Morgan fingerprint density at radius 2 is 2.27 bits per heavy atom. The highest BCUT2D eigenvalue weighted by molar-refractivity contribution is 5.71. The summed E-state index contributed by atoms with van der Waals surface area (Å²) < 4.78 is 12.9. The molecule has 0 aliphatic heterocycles. The Bertz CT molecular complexity index is 432. The fourth-order valence-corrected chi connectivity index (χ4v) is 1.13. The molecule has 0 radical (unpaired) electrons. The summed E-state index contributed by atoms with van der Waals surface area (Å²) in [6.45, 7) is 0.156. The molecule has 0 spiro atoms. The topological polar surface area (TPSA) is 63.3 Å². The van der Waals surface area contributed by atoms with Crippen LogP contribution in [0.1, 0.15) is 11.1 Å². The molecule has 0 saturated carbocycles. The summed E-state index contributed by atoms with van der Waals surface area (Å²) in [7, 11) is 0. The molecule has 0 fully saturated rings. The van der Waals surface area contributed by atoms with Crippen molar-refractivity contribution in [2.75, 3.05) is 6.54 Å². The Balaban J connectivity index is 3.08. The van der Waals surface area contributed by atoms with Gasteiger partial charge >= 0.3 is 5.97 Å². The lowest BCUT2D eigenvalue weighted by Gasteiger charge is -2.01. The maximum Gasteiger partial charge on any atom is 0.307 e. The molecule has 0 atom stereocenters. The van der Waals surface area contributed by atoms with Crippen molar-refractivity contribution in [2.45, 2.75) is 6.42 Å². The van der Waals surface area contributed by atoms with Gasteiger partial charge in [0.25, 0.3) is 0 Å². The molecule has 78 valence electrons. The van der Waals surface area contributed by atoms with E-state index in [1.807, 2.05) is 0 Å². The van der Waals surface area contributed by atoms with Crippen LogP contribution in [0.15, 0.2) is 18.2 Å². The molecular formula is C11H10FNO2. The SMILES string of the molecule is NCC#Cc1cc(F)ccc1CC(=O)O. The van der Waals surface area contributed by atoms with E-state index in [1.165, 1.54) is 18.2 Å². The van der Waals surface area contributed by atoms with E-state index < -0.39 is 11.8 Å². The van der Waals surface area contributed by atoms with E-state index in [1.54, 1.807) is 0 Å². The van der Waals surface area contributed by atoms with Gasteiger partial charge in [-0.05, 0) is 17.7 Å². The zero-order valence-electron chi connectivity index (χ0n) is 7.96. The Kier molecular flexibility index (Phi) is 3.83. The maximum absolute atomic E-state index is 12.9. The predicted octanol–water partition coefficient (Wildman–Crippen LogP) is 0.763. The van der Waals surface area contributed by atoms with Crippen LogP contribution in [0, 0.1) is 17.7 Å². The van der Waals surface area contributed by atoms with Gasteiger partial charge in [0.15, 0.2) is 0 Å². The van der Waals surface area contributed by atoms with Gasteiger partial charge in [-0.2, -0.15) is 0 Å². The monoisotopic (exact) mass is 207 g/mol. The smallest absolute Gasteiger partial charge is 0.307 e. The molecule has 0 bridgehead atoms. The third-order valence-electron chi connectivity index (χ3n) is 1.74. The summed E-state index contributed by atoms with van der Waals surface area (Å²) >= 11 is 0. The lowest BCUT2D eigenvalue weighted by molar-refractivity contribution is -0.136. The number of carboxylic acids is 1. The van der Waals surface area contributed by atoms with Crippen molar-refractivity contribution in [3.8, 4) is 11.8 Å². The van der Waals surface area contributed by atoms with Gasteiger partial charge in [-0.15, -0.1) is 0 Å². The number of rotatable bonds is 2. The second-order valence-electron chi connectivity index (χ2n) is 2.88. The van der Waals surface area contributed by atoms with Crippen LogP contribution in [0.4, 0.5) is 4.39 Å². The van der Waals surface area contributed by atoms with Gasteiger partial charge in [0.1, 0.15) is 5.82 Å². The molecule has 1 rings (SSSR count). The second-order valence-corrected chi connectivity index (χ2v) is 2.88. The van der Waals surface area contributed by atoms with Gasteiger partial charge in [-0.3, -0.25) is 4.79 Å². The Morgan fingerprint density at radius 3 is 2.87 bits per heavy atom. The van der Waals surface area contributed by atoms with Gasteiger partial charge in [-0.25, -0.2) is 4.39 Å². The summed E-state index contributed by atoms with van der Waals surface area (Å²) in [6, 6.07) is 3.84. The van der Waals surface area contributed by atoms with Crippen molar-refractivity contribution < 1.29 is 14.3 Å². The minimum atomic E-state index is -0.975. The van der Waals surface area contributed by atoms with E-state index >= 15 is 0 Å². The standard InChI is InChI=1S/C11H10FNO2/c12-10-4-3-9(7-11(14)15)8(6-10)2-1-5-13/h3-4,6H,5,7,13H2,(H,14,15). The van der Waals surface area contributed by atoms with Gasteiger partial charge in [0, 0.05) is 5.56 Å². The van der Waals surface area contributed by atoms with Crippen LogP contribution < -0.4 is 5.73 Å². The van der Waals surface area contributed by atoms with E-state index in [9.17, 15) is 9.18 Å². The van der Waals surface area contributed by atoms with Crippen molar-refractivity contribution in [1.29, 1.82) is 0 Å². The number of benzene rings is 1. The maximum atomic E-state index is 12.9. The first-order valence-electron chi connectivity index (χ1n) is 4.32. The second kappa shape index (κ2) is 5.13. The predicted molar refractivity (Wildman–Crippen MR) is 53.7 cm³/mol. The zero-order chi connectivity index (χ0) is 11.3. The average Bonchev–Trinajstić information content (AvgIpc) is 2.18. The van der Waals surface area contributed by atoms with Gasteiger partial charge in [0.05, 0.1) is 13.0 Å². The fourth-order valence-electron chi connectivity index (χ4n) is 1.13. The highest BCUT2D eigenvalue weighted by atomic mass is 19.1. The number of carbonyl (C=O) groups is 1. The van der Waals surface area contributed by atoms with E-state index in [-0.39, 0.29) is 13.0 Å². The number of carboxylic acid groups (broad SMARTS) is 1. The first-order valence-corrected chi connectivity index (χ1v) is 4.32. The normalized spacial score (nSPS) is 9.20. The lowest BCUT2D eigenvalue weighted by atomic mass is 10.0. The summed E-state index contributed by atoms with van der Waals surface area (Å²) in [5.74, 6) is 3.79. The molecule has 15 heavy (non-hydrogen) atoms. The molecule has 1 aromatic rings. The van der Waals surface area contributed by atoms with Crippen LogP contribution in [-0.4, -0.2) is 17.6 Å². The van der Waals surface area contributed by atoms with Gasteiger partial charge in [0.2, 0.25) is 0 Å². The van der Waals surface area contributed by atoms with Crippen LogP contribution in [-0.2, 0) is 11.2 Å². The zero-order valence-corrected chi connectivity index (χ0v) is 7.96. The van der Waals surface area contributed by atoms with Crippen molar-refractivity contribution in [1.82, 2.24) is 0 Å². The van der Waals surface area contributed by atoms with Crippen LogP contribution in [0.5, 0.6) is 0 Å². The lowest BCUT2D eigenvalue weighted by Crippen LogP contribution is -2.03. The summed E-state index contributed by atoms with van der Waals surface area (Å²) in [5, 5.41) is 8.62. The van der Waals surface area contributed by atoms with Gasteiger partial charge < -0.3 is 10.8 Å². The van der Waals surface area contributed by atoms with E-state index in [0.717, 1.165) is 0 Å². The van der Waals surface area contributed by atoms with E-state index in [0.29, 0.717) is 11.1 Å². The van der Waals surface area contributed by atoms with Crippen LogP contribution in [0.25, 0.3) is 0 Å². The van der Waals surface area contributed by atoms with Crippen LogP contribution in [0.2, 0.25) is 0 Å². The molecule has 3 nitrogen and oxygen atoms in total.